The third-order valence-electron chi connectivity index (χ3n) is 6.40. The molecule has 0 aliphatic carbocycles. The Balaban J connectivity index is 1.39. The lowest BCUT2D eigenvalue weighted by atomic mass is 9.85. The smallest absolute Gasteiger partial charge is 0.323 e. The minimum atomic E-state index is -0.205. The van der Waals surface area contributed by atoms with Crippen LogP contribution in [-0.2, 0) is 11.3 Å². The van der Waals surface area contributed by atoms with Crippen LogP contribution in [0.5, 0.6) is 0 Å². The monoisotopic (exact) mass is 429 g/mol. The van der Waals surface area contributed by atoms with Crippen molar-refractivity contribution < 1.29 is 9.59 Å². The number of nitrogens with zero attached hydrogens (tertiary/aromatic N) is 4. The average molecular weight is 430 g/mol. The first-order chi connectivity index (χ1) is 14.4. The Hall–Kier alpha value is -2.38. The Morgan fingerprint density at radius 3 is 2.63 bits per heavy atom. The Morgan fingerprint density at radius 1 is 1.17 bits per heavy atom. The average Bonchev–Trinajstić information content (AvgIpc) is 3.32. The van der Waals surface area contributed by atoms with E-state index >= 15 is 0 Å². The van der Waals surface area contributed by atoms with Crippen LogP contribution in [0.2, 0.25) is 5.02 Å². The second-order valence-electron chi connectivity index (χ2n) is 8.43. The topological polar surface area (TPSA) is 70.5 Å². The Kier molecular flexibility index (Phi) is 5.84. The molecule has 0 saturated carbocycles. The first kappa shape index (κ1) is 20.9. The minimum absolute atomic E-state index is 0.142. The molecule has 2 amide bonds. The molecule has 2 fully saturated rings. The minimum Gasteiger partial charge on any atom is -0.323 e. The van der Waals surface area contributed by atoms with Crippen LogP contribution in [0.3, 0.4) is 0 Å². The molecular formula is C22H28ClN5O2. The molecule has 8 heteroatoms. The second kappa shape index (κ2) is 8.40. The number of carbonyl (C=O) groups is 2. The molecule has 1 N–H and O–H groups in total. The predicted octanol–water partition coefficient (Wildman–Crippen LogP) is 3.90. The standard InChI is InChI=1S/C22H28ClN5O2/c1-16-4-5-18(14-19(16)23)15-27-10-3-7-22(27)8-12-26(13-9-22)21(30)28-11-6-20(25-28)24-17(2)29/h4-6,11,14H,3,7-10,12-13,15H2,1-2H3,(H,24,25,29). The summed E-state index contributed by atoms with van der Waals surface area (Å²) in [7, 11) is 0. The molecule has 2 saturated heterocycles. The van der Waals surface area contributed by atoms with Gasteiger partial charge in [-0.25, -0.2) is 4.79 Å². The first-order valence-electron chi connectivity index (χ1n) is 10.5. The number of anilines is 1. The lowest BCUT2D eigenvalue weighted by Crippen LogP contribution is -2.53. The number of piperidine rings is 1. The van der Waals surface area contributed by atoms with Crippen LogP contribution in [0.1, 0.15) is 43.7 Å². The lowest BCUT2D eigenvalue weighted by Gasteiger charge is -2.45. The number of amides is 2. The molecule has 0 unspecified atom stereocenters. The molecule has 0 bridgehead atoms. The second-order valence-corrected chi connectivity index (χ2v) is 8.84. The predicted molar refractivity (Wildman–Crippen MR) is 117 cm³/mol. The summed E-state index contributed by atoms with van der Waals surface area (Å²) >= 11 is 6.32. The van der Waals surface area contributed by atoms with E-state index < -0.39 is 0 Å². The van der Waals surface area contributed by atoms with Gasteiger partial charge in [0.1, 0.15) is 0 Å². The van der Waals surface area contributed by atoms with Gasteiger partial charge in [0.05, 0.1) is 0 Å². The molecule has 2 aromatic rings. The number of carbonyl (C=O) groups excluding carboxylic acids is 2. The van der Waals surface area contributed by atoms with E-state index in [2.05, 4.69) is 33.5 Å². The van der Waals surface area contributed by atoms with Crippen molar-refractivity contribution in [2.24, 2.45) is 0 Å². The van der Waals surface area contributed by atoms with Gasteiger partial charge in [0.15, 0.2) is 5.82 Å². The van der Waals surface area contributed by atoms with Crippen LogP contribution in [0.25, 0.3) is 0 Å². The summed E-state index contributed by atoms with van der Waals surface area (Å²) in [4.78, 5) is 28.4. The van der Waals surface area contributed by atoms with E-state index in [9.17, 15) is 9.59 Å². The number of hydrogen-bond acceptors (Lipinski definition) is 4. The molecule has 1 aromatic heterocycles. The first-order valence-corrected chi connectivity index (χ1v) is 10.9. The van der Waals surface area contributed by atoms with Gasteiger partial charge >= 0.3 is 6.03 Å². The highest BCUT2D eigenvalue weighted by Gasteiger charge is 2.43. The van der Waals surface area contributed by atoms with Crippen molar-refractivity contribution in [2.75, 3.05) is 25.0 Å². The number of likely N-dealkylation sites (tertiary alicyclic amines) is 2. The van der Waals surface area contributed by atoms with Gasteiger partial charge in [0.25, 0.3) is 0 Å². The van der Waals surface area contributed by atoms with Gasteiger partial charge < -0.3 is 10.2 Å². The number of benzene rings is 1. The van der Waals surface area contributed by atoms with Gasteiger partial charge in [-0.05, 0) is 56.3 Å². The number of rotatable bonds is 3. The number of hydrogen-bond donors (Lipinski definition) is 1. The normalized spacial score (nSPS) is 18.7. The number of aromatic nitrogens is 2. The fraction of sp³-hybridized carbons (Fsp3) is 0.500. The summed E-state index contributed by atoms with van der Waals surface area (Å²) in [5.74, 6) is 0.187. The maximum atomic E-state index is 12.8. The van der Waals surface area contributed by atoms with Gasteiger partial charge in [0, 0.05) is 49.4 Å². The van der Waals surface area contributed by atoms with Crippen molar-refractivity contribution in [3.05, 3.63) is 46.6 Å². The SMILES string of the molecule is CC(=O)Nc1ccn(C(=O)N2CCC3(CCCN3Cc3ccc(C)c(Cl)c3)CC2)n1. The molecule has 160 valence electrons. The molecule has 2 aliphatic rings. The summed E-state index contributed by atoms with van der Waals surface area (Å²) in [5.41, 5.74) is 2.50. The fourth-order valence-electron chi connectivity index (χ4n) is 4.70. The molecular weight excluding hydrogens is 402 g/mol. The van der Waals surface area contributed by atoms with E-state index in [-0.39, 0.29) is 17.5 Å². The molecule has 0 radical (unpaired) electrons. The molecule has 0 atom stereocenters. The zero-order valence-corrected chi connectivity index (χ0v) is 18.3. The largest absolute Gasteiger partial charge is 0.344 e. The quantitative estimate of drug-likeness (QED) is 0.803. The number of aryl methyl sites for hydroxylation is 1. The highest BCUT2D eigenvalue weighted by atomic mass is 35.5. The van der Waals surface area contributed by atoms with Crippen molar-refractivity contribution in [3.63, 3.8) is 0 Å². The fourth-order valence-corrected chi connectivity index (χ4v) is 4.90. The van der Waals surface area contributed by atoms with Crippen molar-refractivity contribution in [1.29, 1.82) is 0 Å². The van der Waals surface area contributed by atoms with Crippen molar-refractivity contribution in [3.8, 4) is 0 Å². The molecule has 1 aromatic carbocycles. The van der Waals surface area contributed by atoms with Crippen molar-refractivity contribution in [2.45, 2.75) is 51.6 Å². The molecule has 3 heterocycles. The van der Waals surface area contributed by atoms with Crippen LogP contribution in [0, 0.1) is 6.92 Å². The molecule has 7 nitrogen and oxygen atoms in total. The third kappa shape index (κ3) is 4.23. The lowest BCUT2D eigenvalue weighted by molar-refractivity contribution is -0.114. The summed E-state index contributed by atoms with van der Waals surface area (Å²) in [6.07, 6.45) is 5.87. The summed E-state index contributed by atoms with van der Waals surface area (Å²) in [6.45, 7) is 6.84. The summed E-state index contributed by atoms with van der Waals surface area (Å²) in [5, 5.41) is 7.59. The van der Waals surface area contributed by atoms with Gasteiger partial charge in [-0.3, -0.25) is 9.69 Å². The van der Waals surface area contributed by atoms with Gasteiger partial charge in [-0.1, -0.05) is 23.7 Å². The van der Waals surface area contributed by atoms with Crippen molar-refractivity contribution >= 4 is 29.4 Å². The van der Waals surface area contributed by atoms with E-state index in [1.807, 2.05) is 11.8 Å². The zero-order chi connectivity index (χ0) is 21.3. The summed E-state index contributed by atoms with van der Waals surface area (Å²) in [6, 6.07) is 7.82. The zero-order valence-electron chi connectivity index (χ0n) is 17.5. The maximum Gasteiger partial charge on any atom is 0.344 e. The van der Waals surface area contributed by atoms with Gasteiger partial charge in [-0.15, -0.1) is 5.10 Å². The Labute approximate surface area is 182 Å². The van der Waals surface area contributed by atoms with Crippen LogP contribution in [0.15, 0.2) is 30.5 Å². The van der Waals surface area contributed by atoms with Crippen molar-refractivity contribution in [1.82, 2.24) is 19.6 Å². The van der Waals surface area contributed by atoms with Crippen LogP contribution < -0.4 is 5.32 Å². The summed E-state index contributed by atoms with van der Waals surface area (Å²) < 4.78 is 1.31. The molecule has 30 heavy (non-hydrogen) atoms. The maximum absolute atomic E-state index is 12.8. The Morgan fingerprint density at radius 2 is 1.93 bits per heavy atom. The van der Waals surface area contributed by atoms with Gasteiger partial charge in [0.2, 0.25) is 5.91 Å². The van der Waals surface area contributed by atoms with Crippen LogP contribution in [0.4, 0.5) is 10.6 Å². The highest BCUT2D eigenvalue weighted by Crippen LogP contribution is 2.39. The number of halogens is 1. The number of nitrogens with one attached hydrogen (secondary N) is 1. The third-order valence-corrected chi connectivity index (χ3v) is 6.81. The highest BCUT2D eigenvalue weighted by molar-refractivity contribution is 6.31. The van der Waals surface area contributed by atoms with E-state index in [1.165, 1.54) is 30.0 Å². The molecule has 1 spiro atoms. The van der Waals surface area contributed by atoms with E-state index in [4.69, 9.17) is 11.6 Å². The molecule has 2 aliphatic heterocycles. The van der Waals surface area contributed by atoms with E-state index in [0.717, 1.165) is 36.5 Å². The van der Waals surface area contributed by atoms with Gasteiger partial charge in [-0.2, -0.15) is 4.68 Å². The van der Waals surface area contributed by atoms with Crippen LogP contribution in [-0.4, -0.2) is 56.7 Å². The van der Waals surface area contributed by atoms with Crippen LogP contribution >= 0.6 is 11.6 Å². The molecule has 4 rings (SSSR count). The van der Waals surface area contributed by atoms with E-state index in [1.54, 1.807) is 12.3 Å². The van der Waals surface area contributed by atoms with E-state index in [0.29, 0.717) is 18.9 Å². The Bertz CT molecular complexity index is 949.